The molecule has 0 saturated carbocycles. The zero-order valence-corrected chi connectivity index (χ0v) is 23.7. The Hall–Kier alpha value is -5.11. The first kappa shape index (κ1) is 32.4. The van der Waals surface area contributed by atoms with Gasteiger partial charge in [0.25, 0.3) is 0 Å². The molecule has 14 heteroatoms. The molecule has 1 aromatic heterocycles. The molecule has 2 aromatic carbocycles. The molecule has 4 atom stereocenters. The Morgan fingerprint density at radius 1 is 0.884 bits per heavy atom. The maximum absolute atomic E-state index is 13.5. The van der Waals surface area contributed by atoms with Crippen LogP contribution in [-0.4, -0.2) is 75.6 Å². The van der Waals surface area contributed by atoms with E-state index in [9.17, 15) is 29.4 Å². The highest BCUT2D eigenvalue weighted by atomic mass is 16.4. The van der Waals surface area contributed by atoms with Gasteiger partial charge in [-0.2, -0.15) is 0 Å². The topological polar surface area (TPSA) is 251 Å². The maximum Gasteiger partial charge on any atom is 0.326 e. The van der Waals surface area contributed by atoms with Crippen molar-refractivity contribution in [3.8, 4) is 5.75 Å². The minimum Gasteiger partial charge on any atom is -0.508 e. The highest BCUT2D eigenvalue weighted by molar-refractivity contribution is 5.94. The third kappa shape index (κ3) is 9.74. The van der Waals surface area contributed by atoms with Gasteiger partial charge in [-0.1, -0.05) is 30.3 Å². The monoisotopic (exact) mass is 594 g/mol. The number of nitrogens with two attached hydrogens (primary N) is 3. The summed E-state index contributed by atoms with van der Waals surface area (Å²) in [5.74, 6) is -3.36. The van der Waals surface area contributed by atoms with E-state index in [2.05, 4.69) is 25.9 Å². The predicted molar refractivity (Wildman–Crippen MR) is 161 cm³/mol. The van der Waals surface area contributed by atoms with E-state index in [-0.39, 0.29) is 43.9 Å². The molecule has 4 unspecified atom stereocenters. The number of hydrogen-bond donors (Lipinski definition) is 9. The normalized spacial score (nSPS) is 13.7. The smallest absolute Gasteiger partial charge is 0.326 e. The van der Waals surface area contributed by atoms with Gasteiger partial charge in [-0.25, -0.2) is 4.79 Å². The number of nitrogens with zero attached hydrogens (tertiary/aromatic N) is 1. The average Bonchev–Trinajstić information content (AvgIpc) is 3.37. The number of aromatic hydroxyl groups is 1. The van der Waals surface area contributed by atoms with E-state index in [0.717, 1.165) is 10.9 Å². The highest BCUT2D eigenvalue weighted by Crippen LogP contribution is 2.19. The van der Waals surface area contributed by atoms with E-state index in [1.165, 1.54) is 19.1 Å². The number of carboxylic acids is 1. The first-order valence-electron chi connectivity index (χ1n) is 13.7. The molecule has 0 aliphatic carbocycles. The molecule has 3 aromatic rings. The van der Waals surface area contributed by atoms with E-state index in [4.69, 9.17) is 17.2 Å². The number of aliphatic imine (C=N–C) groups is 1. The number of H-pyrrole nitrogens is 1. The number of aliphatic carboxylic acids is 1. The van der Waals surface area contributed by atoms with Crippen LogP contribution in [-0.2, 0) is 32.0 Å². The number of carbonyl (C=O) groups excluding carboxylic acids is 3. The number of rotatable bonds is 15. The van der Waals surface area contributed by atoms with Crippen LogP contribution in [0.25, 0.3) is 10.9 Å². The minimum absolute atomic E-state index is 0.00627. The van der Waals surface area contributed by atoms with Crippen LogP contribution >= 0.6 is 0 Å². The molecule has 43 heavy (non-hydrogen) atoms. The molecule has 0 aliphatic rings. The highest BCUT2D eigenvalue weighted by Gasteiger charge is 2.30. The molecule has 0 bridgehead atoms. The van der Waals surface area contributed by atoms with Crippen LogP contribution in [0, 0.1) is 0 Å². The Morgan fingerprint density at radius 3 is 2.16 bits per heavy atom. The van der Waals surface area contributed by atoms with Gasteiger partial charge in [0, 0.05) is 36.5 Å². The zero-order valence-electron chi connectivity index (χ0n) is 23.7. The van der Waals surface area contributed by atoms with Crippen molar-refractivity contribution in [1.82, 2.24) is 20.9 Å². The van der Waals surface area contributed by atoms with Gasteiger partial charge in [0.15, 0.2) is 5.96 Å². The van der Waals surface area contributed by atoms with E-state index in [1.807, 2.05) is 24.3 Å². The molecule has 0 spiro atoms. The third-order valence-electron chi connectivity index (χ3n) is 6.71. The molecule has 1 heterocycles. The van der Waals surface area contributed by atoms with E-state index in [1.54, 1.807) is 18.3 Å². The molecule has 0 radical (unpaired) electrons. The van der Waals surface area contributed by atoms with Crippen LogP contribution in [0.15, 0.2) is 59.7 Å². The number of aromatic nitrogens is 1. The number of aromatic amines is 1. The molecule has 3 rings (SSSR count). The number of phenols is 1. The Morgan fingerprint density at radius 2 is 1.51 bits per heavy atom. The van der Waals surface area contributed by atoms with Gasteiger partial charge in [-0.15, -0.1) is 0 Å². The first-order valence-corrected chi connectivity index (χ1v) is 13.7. The number of carbonyl (C=O) groups is 4. The van der Waals surface area contributed by atoms with Crippen LogP contribution in [0.1, 0.15) is 30.9 Å². The van der Waals surface area contributed by atoms with Crippen LogP contribution < -0.4 is 33.2 Å². The lowest BCUT2D eigenvalue weighted by atomic mass is 10.0. The SMILES string of the molecule is CC(N)C(=O)NC(Cc1ccc(O)cc1)C(=O)NC(CCCN=C(N)N)C(=O)NC(Cc1c[nH]c2ccccc12)C(=O)O. The Bertz CT molecular complexity index is 1450. The average molecular weight is 595 g/mol. The molecule has 0 fully saturated rings. The number of nitrogens with one attached hydrogen (secondary N) is 4. The third-order valence-corrected chi connectivity index (χ3v) is 6.71. The first-order chi connectivity index (χ1) is 20.4. The van der Waals surface area contributed by atoms with Crippen molar-refractivity contribution >= 4 is 40.6 Å². The zero-order chi connectivity index (χ0) is 31.5. The molecule has 0 aliphatic heterocycles. The quantitative estimate of drug-likeness (QED) is 0.0629. The van der Waals surface area contributed by atoms with Crippen molar-refractivity contribution in [2.24, 2.45) is 22.2 Å². The molecular weight excluding hydrogens is 556 g/mol. The summed E-state index contributed by atoms with van der Waals surface area (Å²) >= 11 is 0. The number of phenolic OH excluding ortho intramolecular Hbond substituents is 1. The minimum atomic E-state index is -1.30. The van der Waals surface area contributed by atoms with Gasteiger partial charge in [0.1, 0.15) is 23.9 Å². The van der Waals surface area contributed by atoms with Gasteiger partial charge in [0.05, 0.1) is 6.04 Å². The second kappa shape index (κ2) is 15.2. The second-order valence-electron chi connectivity index (χ2n) is 10.2. The molecule has 230 valence electrons. The van der Waals surface area contributed by atoms with Crippen molar-refractivity contribution in [1.29, 1.82) is 0 Å². The summed E-state index contributed by atoms with van der Waals surface area (Å²) in [6.45, 7) is 1.63. The summed E-state index contributed by atoms with van der Waals surface area (Å²) < 4.78 is 0. The Labute approximate surface area is 248 Å². The summed E-state index contributed by atoms with van der Waals surface area (Å²) in [6.07, 6.45) is 2.07. The van der Waals surface area contributed by atoms with Crippen molar-refractivity contribution < 1.29 is 29.4 Å². The molecular formula is C29H38N8O6. The van der Waals surface area contributed by atoms with Crippen molar-refractivity contribution in [2.45, 2.75) is 56.8 Å². The number of guanidine groups is 1. The fourth-order valence-corrected chi connectivity index (χ4v) is 4.42. The van der Waals surface area contributed by atoms with Crippen LogP contribution in [0.2, 0.25) is 0 Å². The lowest BCUT2D eigenvalue weighted by Gasteiger charge is -2.25. The van der Waals surface area contributed by atoms with E-state index in [0.29, 0.717) is 11.1 Å². The van der Waals surface area contributed by atoms with Crippen molar-refractivity contribution in [3.05, 3.63) is 65.9 Å². The summed E-state index contributed by atoms with van der Waals surface area (Å²) in [6, 6.07) is 8.93. The number of benzene rings is 2. The van der Waals surface area contributed by atoms with Crippen molar-refractivity contribution in [2.75, 3.05) is 6.54 Å². The number of para-hydroxylation sites is 1. The molecule has 3 amide bonds. The van der Waals surface area contributed by atoms with Gasteiger partial charge in [0.2, 0.25) is 17.7 Å². The summed E-state index contributed by atoms with van der Waals surface area (Å²) in [7, 11) is 0. The van der Waals surface area contributed by atoms with Crippen LogP contribution in [0.4, 0.5) is 0 Å². The number of fused-ring (bicyclic) bond motifs is 1. The van der Waals surface area contributed by atoms with Gasteiger partial charge >= 0.3 is 5.97 Å². The summed E-state index contributed by atoms with van der Waals surface area (Å²) in [5.41, 5.74) is 18.6. The Kier molecular flexibility index (Phi) is 11.5. The number of amides is 3. The second-order valence-corrected chi connectivity index (χ2v) is 10.2. The van der Waals surface area contributed by atoms with E-state index >= 15 is 0 Å². The summed E-state index contributed by atoms with van der Waals surface area (Å²) in [5, 5.41) is 28.1. The number of hydrogen-bond acceptors (Lipinski definition) is 7. The van der Waals surface area contributed by atoms with Gasteiger partial charge in [-0.3, -0.25) is 19.4 Å². The van der Waals surface area contributed by atoms with Gasteiger partial charge < -0.3 is 48.3 Å². The van der Waals surface area contributed by atoms with Crippen LogP contribution in [0.5, 0.6) is 5.75 Å². The van der Waals surface area contributed by atoms with Gasteiger partial charge in [-0.05, 0) is 49.1 Å². The largest absolute Gasteiger partial charge is 0.508 e. The predicted octanol–water partition coefficient (Wildman–Crippen LogP) is -0.401. The molecule has 0 saturated heterocycles. The Balaban J connectivity index is 1.80. The molecule has 14 nitrogen and oxygen atoms in total. The van der Waals surface area contributed by atoms with Crippen molar-refractivity contribution in [3.63, 3.8) is 0 Å². The van der Waals surface area contributed by atoms with E-state index < -0.39 is 47.9 Å². The lowest BCUT2D eigenvalue weighted by Crippen LogP contribution is -2.57. The number of carboxylic acid groups (broad SMARTS) is 1. The molecule has 12 N–H and O–H groups in total. The van der Waals surface area contributed by atoms with Crippen LogP contribution in [0.3, 0.4) is 0 Å². The summed E-state index contributed by atoms with van der Waals surface area (Å²) in [4.78, 5) is 58.5. The standard InChI is InChI=1S/C29H38N8O6/c1-16(30)25(39)36-23(13-17-8-10-19(38)11-9-17)27(41)35-22(7-4-12-33-29(31)32)26(40)37-24(28(42)43)14-18-15-34-21-6-3-2-5-20(18)21/h2-3,5-6,8-11,15-16,22-24,34,38H,4,7,12-14,30H2,1H3,(H,35,41)(H,36,39)(H,37,40)(H,42,43)(H4,31,32,33). The fraction of sp³-hybridized carbons (Fsp3) is 0.345. The maximum atomic E-state index is 13.5. The lowest BCUT2D eigenvalue weighted by molar-refractivity contribution is -0.142. The fourth-order valence-electron chi connectivity index (χ4n) is 4.42.